The van der Waals surface area contributed by atoms with Crippen LogP contribution in [0.4, 0.5) is 0 Å². The summed E-state index contributed by atoms with van der Waals surface area (Å²) >= 11 is 0. The third-order valence-corrected chi connectivity index (χ3v) is 2.77. The molecule has 0 radical (unpaired) electrons. The number of esters is 2. The maximum absolute atomic E-state index is 12.0. The van der Waals surface area contributed by atoms with Crippen molar-refractivity contribution in [3.63, 3.8) is 0 Å². The van der Waals surface area contributed by atoms with Crippen molar-refractivity contribution in [1.29, 1.82) is 0 Å². The number of hydrogen-bond acceptors (Lipinski definition) is 6. The molecule has 1 aromatic heterocycles. The fourth-order valence-electron chi connectivity index (χ4n) is 1.60. The van der Waals surface area contributed by atoms with E-state index in [0.717, 1.165) is 0 Å². The molecule has 0 aromatic carbocycles. The molecule has 7 nitrogen and oxygen atoms in total. The monoisotopic (exact) mass is 269 g/mol. The highest BCUT2D eigenvalue weighted by Crippen LogP contribution is 2.25. The number of aromatic nitrogens is 3. The quantitative estimate of drug-likeness (QED) is 0.552. The van der Waals surface area contributed by atoms with Crippen molar-refractivity contribution < 1.29 is 19.1 Å². The van der Waals surface area contributed by atoms with Gasteiger partial charge in [-0.2, -0.15) is 5.10 Å². The van der Waals surface area contributed by atoms with Gasteiger partial charge in [0, 0.05) is 13.5 Å². The summed E-state index contributed by atoms with van der Waals surface area (Å²) in [5.41, 5.74) is -1.41. The standard InChI is InChI=1S/C12H19N3O4/c1-5-18-10(16)12(3,11(17)19-6-2)7-9-13-8-14-15(9)4/h8H,5-7H2,1-4H3. The molecule has 19 heavy (non-hydrogen) atoms. The van der Waals surface area contributed by atoms with Crippen molar-refractivity contribution in [2.45, 2.75) is 27.2 Å². The zero-order chi connectivity index (χ0) is 14.5. The highest BCUT2D eigenvalue weighted by atomic mass is 16.6. The average Bonchev–Trinajstić information content (AvgIpc) is 2.75. The van der Waals surface area contributed by atoms with Gasteiger partial charge in [-0.15, -0.1) is 0 Å². The molecule has 1 aromatic rings. The number of hydrogen-bond donors (Lipinski definition) is 0. The molecule has 0 aliphatic carbocycles. The van der Waals surface area contributed by atoms with Gasteiger partial charge < -0.3 is 9.47 Å². The highest BCUT2D eigenvalue weighted by molar-refractivity contribution is 5.99. The number of carbonyl (C=O) groups excluding carboxylic acids is 2. The third-order valence-electron chi connectivity index (χ3n) is 2.77. The highest BCUT2D eigenvalue weighted by Gasteiger charge is 2.45. The summed E-state index contributed by atoms with van der Waals surface area (Å²) in [7, 11) is 1.69. The summed E-state index contributed by atoms with van der Waals surface area (Å²) in [5.74, 6) is -0.712. The molecule has 0 spiro atoms. The Kier molecular flexibility index (Phi) is 5.02. The molecule has 106 valence electrons. The van der Waals surface area contributed by atoms with Crippen LogP contribution in [0.15, 0.2) is 6.33 Å². The Morgan fingerprint density at radius 2 is 1.79 bits per heavy atom. The molecule has 1 heterocycles. The van der Waals surface area contributed by atoms with Crippen LogP contribution in [-0.2, 0) is 32.5 Å². The molecule has 0 aliphatic rings. The third kappa shape index (κ3) is 3.30. The van der Waals surface area contributed by atoms with Gasteiger partial charge in [0.2, 0.25) is 0 Å². The van der Waals surface area contributed by atoms with Gasteiger partial charge in [-0.25, -0.2) is 4.98 Å². The molecule has 0 saturated heterocycles. The average molecular weight is 269 g/mol. The summed E-state index contributed by atoms with van der Waals surface area (Å²) in [5, 5.41) is 3.91. The Morgan fingerprint density at radius 1 is 1.26 bits per heavy atom. The molecular formula is C12H19N3O4. The van der Waals surface area contributed by atoms with Crippen LogP contribution in [0, 0.1) is 5.41 Å². The van der Waals surface area contributed by atoms with E-state index < -0.39 is 17.4 Å². The molecule has 0 N–H and O–H groups in total. The lowest BCUT2D eigenvalue weighted by atomic mass is 9.86. The Bertz CT molecular complexity index is 438. The second-order valence-electron chi connectivity index (χ2n) is 4.25. The Hall–Kier alpha value is -1.92. The van der Waals surface area contributed by atoms with Gasteiger partial charge in [0.25, 0.3) is 0 Å². The number of ether oxygens (including phenoxy) is 2. The van der Waals surface area contributed by atoms with Crippen molar-refractivity contribution in [2.24, 2.45) is 12.5 Å². The number of nitrogens with zero attached hydrogens (tertiary/aromatic N) is 3. The van der Waals surface area contributed by atoms with Crippen molar-refractivity contribution in [1.82, 2.24) is 14.8 Å². The van der Waals surface area contributed by atoms with E-state index in [9.17, 15) is 9.59 Å². The van der Waals surface area contributed by atoms with Gasteiger partial charge in [-0.3, -0.25) is 14.3 Å². The van der Waals surface area contributed by atoms with Crippen molar-refractivity contribution in [3.05, 3.63) is 12.2 Å². The molecule has 0 amide bonds. The largest absolute Gasteiger partial charge is 0.465 e. The molecule has 0 aliphatic heterocycles. The van der Waals surface area contributed by atoms with Gasteiger partial charge in [-0.05, 0) is 20.8 Å². The minimum absolute atomic E-state index is 0.0845. The maximum atomic E-state index is 12.0. The molecule has 0 saturated carbocycles. The molecule has 0 atom stereocenters. The predicted octanol–water partition coefficient (Wildman–Crippen LogP) is 0.490. The lowest BCUT2D eigenvalue weighted by Gasteiger charge is -2.24. The van der Waals surface area contributed by atoms with Gasteiger partial charge in [0.15, 0.2) is 5.41 Å². The van der Waals surface area contributed by atoms with Crippen LogP contribution in [0.1, 0.15) is 26.6 Å². The van der Waals surface area contributed by atoms with Crippen LogP contribution in [0.2, 0.25) is 0 Å². The van der Waals surface area contributed by atoms with Crippen LogP contribution < -0.4 is 0 Å². The Morgan fingerprint density at radius 3 is 2.16 bits per heavy atom. The first-order chi connectivity index (χ1) is 8.95. The van der Waals surface area contributed by atoms with E-state index in [1.165, 1.54) is 17.9 Å². The van der Waals surface area contributed by atoms with E-state index in [4.69, 9.17) is 9.47 Å². The second kappa shape index (κ2) is 6.31. The van der Waals surface area contributed by atoms with E-state index >= 15 is 0 Å². The first kappa shape index (κ1) is 15.1. The van der Waals surface area contributed by atoms with E-state index in [1.54, 1.807) is 20.9 Å². The first-order valence-corrected chi connectivity index (χ1v) is 6.13. The predicted molar refractivity (Wildman–Crippen MR) is 66.1 cm³/mol. The molecule has 0 bridgehead atoms. The number of rotatable bonds is 6. The molecule has 0 fully saturated rings. The minimum atomic E-state index is -1.41. The Balaban J connectivity index is 3.01. The molecule has 7 heteroatoms. The second-order valence-corrected chi connectivity index (χ2v) is 4.25. The topological polar surface area (TPSA) is 83.3 Å². The SMILES string of the molecule is CCOC(=O)C(C)(Cc1ncnn1C)C(=O)OCC. The van der Waals surface area contributed by atoms with Crippen LogP contribution in [0.25, 0.3) is 0 Å². The van der Waals surface area contributed by atoms with Crippen molar-refractivity contribution >= 4 is 11.9 Å². The zero-order valence-electron chi connectivity index (χ0n) is 11.7. The van der Waals surface area contributed by atoms with Gasteiger partial charge in [0.1, 0.15) is 12.2 Å². The van der Waals surface area contributed by atoms with Crippen LogP contribution in [0.3, 0.4) is 0 Å². The van der Waals surface area contributed by atoms with Crippen molar-refractivity contribution in [3.8, 4) is 0 Å². The molecule has 1 rings (SSSR count). The lowest BCUT2D eigenvalue weighted by molar-refractivity contribution is -0.170. The summed E-state index contributed by atoms with van der Waals surface area (Å²) in [6.45, 7) is 5.27. The Labute approximate surface area is 111 Å². The minimum Gasteiger partial charge on any atom is -0.465 e. The summed E-state index contributed by atoms with van der Waals surface area (Å²) in [6, 6.07) is 0. The van der Waals surface area contributed by atoms with E-state index in [1.807, 2.05) is 0 Å². The number of carbonyl (C=O) groups is 2. The van der Waals surface area contributed by atoms with E-state index in [0.29, 0.717) is 5.82 Å². The van der Waals surface area contributed by atoms with E-state index in [-0.39, 0.29) is 19.6 Å². The summed E-state index contributed by atoms with van der Waals surface area (Å²) < 4.78 is 11.4. The van der Waals surface area contributed by atoms with Gasteiger partial charge in [-0.1, -0.05) is 0 Å². The van der Waals surface area contributed by atoms with Crippen LogP contribution in [-0.4, -0.2) is 39.9 Å². The number of aryl methyl sites for hydroxylation is 1. The molecule has 0 unspecified atom stereocenters. The summed E-state index contributed by atoms with van der Waals surface area (Å²) in [4.78, 5) is 28.1. The summed E-state index contributed by atoms with van der Waals surface area (Å²) in [6.07, 6.45) is 1.45. The van der Waals surface area contributed by atoms with Crippen LogP contribution >= 0.6 is 0 Å². The fourth-order valence-corrected chi connectivity index (χ4v) is 1.60. The maximum Gasteiger partial charge on any atom is 0.323 e. The smallest absolute Gasteiger partial charge is 0.323 e. The fraction of sp³-hybridized carbons (Fsp3) is 0.667. The van der Waals surface area contributed by atoms with Gasteiger partial charge >= 0.3 is 11.9 Å². The van der Waals surface area contributed by atoms with Gasteiger partial charge in [0.05, 0.1) is 13.2 Å². The van der Waals surface area contributed by atoms with Crippen LogP contribution in [0.5, 0.6) is 0 Å². The first-order valence-electron chi connectivity index (χ1n) is 6.13. The van der Waals surface area contributed by atoms with E-state index in [2.05, 4.69) is 10.1 Å². The normalized spacial score (nSPS) is 11.2. The lowest BCUT2D eigenvalue weighted by Crippen LogP contribution is -2.42. The molecular weight excluding hydrogens is 250 g/mol. The zero-order valence-corrected chi connectivity index (χ0v) is 11.7. The van der Waals surface area contributed by atoms with Crippen molar-refractivity contribution in [2.75, 3.05) is 13.2 Å².